The second-order valence-electron chi connectivity index (χ2n) is 8.75. The van der Waals surface area contributed by atoms with Crippen LogP contribution >= 0.6 is 0 Å². The minimum Gasteiger partial charge on any atom is -0.404 e. The van der Waals surface area contributed by atoms with E-state index in [0.29, 0.717) is 23.1 Å². The third kappa shape index (κ3) is 6.82. The van der Waals surface area contributed by atoms with E-state index in [1.165, 1.54) is 18.2 Å². The highest BCUT2D eigenvalue weighted by Crippen LogP contribution is 2.40. The molecule has 0 amide bonds. The lowest BCUT2D eigenvalue weighted by Gasteiger charge is -2.28. The Morgan fingerprint density at radius 3 is 2.57 bits per heavy atom. The smallest absolute Gasteiger partial charge is 0.404 e. The summed E-state index contributed by atoms with van der Waals surface area (Å²) in [5, 5.41) is 6.28. The quantitative estimate of drug-likeness (QED) is 0.481. The number of benzene rings is 1. The Bertz CT molecular complexity index is 1290. The van der Waals surface area contributed by atoms with E-state index in [0.717, 1.165) is 50.4 Å². The number of hydrogen-bond donors (Lipinski definition) is 2. The van der Waals surface area contributed by atoms with Crippen LogP contribution in [0.25, 0.3) is 11.4 Å². The molecule has 1 aliphatic carbocycles. The van der Waals surface area contributed by atoms with Crippen molar-refractivity contribution in [1.82, 2.24) is 25.3 Å². The van der Waals surface area contributed by atoms with Gasteiger partial charge in [0.2, 0.25) is 0 Å². The van der Waals surface area contributed by atoms with Crippen molar-refractivity contribution >= 4 is 17.3 Å². The molecule has 1 aromatic carbocycles. The standard InChI is InChI=1S/C26H26F3N7O/c27-26(28,29)37-22-4-2-1-3-21(22)34-23-15-19(7-8-32-23)25-33-10-9-31-17-20(18-5-6-18)16-24(35-25)36-13-11-30-12-14-36/h1-4,7-10,15-18,30H,5-6,11-14H2,(H,32,34). The average Bonchev–Trinajstić information content (AvgIpc) is 3.73. The van der Waals surface area contributed by atoms with E-state index in [-0.39, 0.29) is 11.4 Å². The maximum Gasteiger partial charge on any atom is 0.573 e. The maximum absolute atomic E-state index is 12.8. The van der Waals surface area contributed by atoms with Gasteiger partial charge in [-0.2, -0.15) is 0 Å². The fourth-order valence-corrected chi connectivity index (χ4v) is 4.02. The molecule has 11 heteroatoms. The summed E-state index contributed by atoms with van der Waals surface area (Å²) in [6, 6.07) is 11.3. The molecule has 3 aromatic rings. The molecule has 2 aromatic heterocycles. The lowest BCUT2D eigenvalue weighted by molar-refractivity contribution is -0.274. The van der Waals surface area contributed by atoms with Gasteiger partial charge in [0, 0.05) is 56.5 Å². The first kappa shape index (κ1) is 24.7. The topological polar surface area (TPSA) is 88.1 Å². The van der Waals surface area contributed by atoms with Crippen LogP contribution in [0, 0.1) is 0 Å². The number of aromatic nitrogens is 4. The molecule has 0 bridgehead atoms. The molecule has 1 saturated heterocycles. The fourth-order valence-electron chi connectivity index (χ4n) is 4.02. The third-order valence-corrected chi connectivity index (χ3v) is 5.97. The van der Waals surface area contributed by atoms with Gasteiger partial charge in [0.25, 0.3) is 0 Å². The summed E-state index contributed by atoms with van der Waals surface area (Å²) in [6.07, 6.45) is 4.09. The number of para-hydroxylation sites is 2. The monoisotopic (exact) mass is 509 g/mol. The molecule has 0 unspecified atom stereocenters. The predicted molar refractivity (Wildman–Crippen MR) is 134 cm³/mol. The summed E-state index contributed by atoms with van der Waals surface area (Å²) in [7, 11) is 0. The number of halogens is 3. The molecule has 0 spiro atoms. The molecule has 0 radical (unpaired) electrons. The summed E-state index contributed by atoms with van der Waals surface area (Å²) >= 11 is 0. The van der Waals surface area contributed by atoms with E-state index in [4.69, 9.17) is 4.98 Å². The molecule has 2 N–H and O–H groups in total. The average molecular weight is 510 g/mol. The van der Waals surface area contributed by atoms with Gasteiger partial charge < -0.3 is 20.3 Å². The predicted octanol–water partition coefficient (Wildman–Crippen LogP) is 4.99. The Morgan fingerprint density at radius 2 is 1.78 bits per heavy atom. The number of rotatable bonds is 6. The van der Waals surface area contributed by atoms with Crippen LogP contribution in [0.15, 0.2) is 67.3 Å². The van der Waals surface area contributed by atoms with Crippen LogP contribution in [0.4, 0.5) is 30.5 Å². The molecular weight excluding hydrogens is 483 g/mol. The van der Waals surface area contributed by atoms with Crippen LogP contribution in [0.2, 0.25) is 0 Å². The number of hydrogen-bond acceptors (Lipinski definition) is 8. The highest BCUT2D eigenvalue weighted by atomic mass is 19.4. The van der Waals surface area contributed by atoms with E-state index in [9.17, 15) is 13.2 Å². The number of nitrogens with one attached hydrogen (secondary N) is 2. The van der Waals surface area contributed by atoms with Crippen molar-refractivity contribution in [1.29, 1.82) is 0 Å². The second kappa shape index (κ2) is 11.0. The number of pyridine rings is 1. The fraction of sp³-hybridized carbons (Fsp3) is 0.308. The molecule has 1 saturated carbocycles. The van der Waals surface area contributed by atoms with Crippen molar-refractivity contribution in [3.05, 3.63) is 72.8 Å². The summed E-state index contributed by atoms with van der Waals surface area (Å²) < 4.78 is 42.7. The zero-order chi connectivity index (χ0) is 25.7. The van der Waals surface area contributed by atoms with Crippen molar-refractivity contribution in [3.63, 3.8) is 0 Å². The number of anilines is 3. The van der Waals surface area contributed by atoms with Crippen molar-refractivity contribution in [2.75, 3.05) is 36.4 Å². The minimum absolute atomic E-state index is 0.133. The summed E-state index contributed by atoms with van der Waals surface area (Å²) in [5.41, 5.74) is 1.92. The van der Waals surface area contributed by atoms with Gasteiger partial charge in [-0.15, -0.1) is 13.2 Å². The first-order valence-electron chi connectivity index (χ1n) is 12.0. The molecule has 192 valence electrons. The van der Waals surface area contributed by atoms with Gasteiger partial charge in [0.05, 0.1) is 5.69 Å². The molecule has 1 aliphatic heterocycles. The van der Waals surface area contributed by atoms with E-state index >= 15 is 0 Å². The Balaban J connectivity index is 1.52. The molecule has 2 aliphatic rings. The summed E-state index contributed by atoms with van der Waals surface area (Å²) in [5.74, 6) is 1.71. The molecule has 3 heterocycles. The van der Waals surface area contributed by atoms with E-state index in [1.54, 1.807) is 36.8 Å². The van der Waals surface area contributed by atoms with E-state index < -0.39 is 6.36 Å². The van der Waals surface area contributed by atoms with Crippen molar-refractivity contribution in [3.8, 4) is 17.1 Å². The van der Waals surface area contributed by atoms with Crippen molar-refractivity contribution in [2.45, 2.75) is 25.1 Å². The summed E-state index contributed by atoms with van der Waals surface area (Å²) in [6.45, 7) is 3.34. The van der Waals surface area contributed by atoms with Crippen molar-refractivity contribution in [2.24, 2.45) is 0 Å². The van der Waals surface area contributed by atoms with Gasteiger partial charge in [-0.1, -0.05) is 12.1 Å². The number of ether oxygens (including phenoxy) is 1. The molecule has 37 heavy (non-hydrogen) atoms. The molecule has 0 atom stereocenters. The minimum atomic E-state index is -4.81. The van der Waals surface area contributed by atoms with Gasteiger partial charge >= 0.3 is 6.36 Å². The van der Waals surface area contributed by atoms with Gasteiger partial charge in [-0.25, -0.2) is 15.0 Å². The van der Waals surface area contributed by atoms with Gasteiger partial charge in [-0.3, -0.25) is 4.98 Å². The Hall–Kier alpha value is -3.99. The van der Waals surface area contributed by atoms with Crippen LogP contribution < -0.4 is 20.3 Å². The molecule has 2 fully saturated rings. The van der Waals surface area contributed by atoms with Crippen LogP contribution in [0.1, 0.15) is 24.3 Å². The van der Waals surface area contributed by atoms with E-state index in [2.05, 4.69) is 41.3 Å². The lowest BCUT2D eigenvalue weighted by Crippen LogP contribution is -2.43. The number of alkyl halides is 3. The van der Waals surface area contributed by atoms with Crippen molar-refractivity contribution < 1.29 is 17.9 Å². The zero-order valence-corrected chi connectivity index (χ0v) is 19.9. The maximum atomic E-state index is 12.8. The number of piperazine rings is 1. The highest BCUT2D eigenvalue weighted by Gasteiger charge is 2.32. The lowest BCUT2D eigenvalue weighted by atomic mass is 10.2. The molecule has 5 rings (SSSR count). The van der Waals surface area contributed by atoms with Gasteiger partial charge in [0.1, 0.15) is 11.6 Å². The largest absolute Gasteiger partial charge is 0.573 e. The van der Waals surface area contributed by atoms with Crippen LogP contribution in [-0.4, -0.2) is 52.5 Å². The Kier molecular flexibility index (Phi) is 7.31. The SMILES string of the molecule is FC(F)(F)Oc1ccccc1Nc1cc(-c2nccncc(C3CC3)cc(N3CCNCC3)n2)ccn1. The van der Waals surface area contributed by atoms with Crippen LogP contribution in [0.3, 0.4) is 0 Å². The summed E-state index contributed by atoms with van der Waals surface area (Å²) in [4.78, 5) is 20.4. The molecular formula is C26H26F3N7O. The third-order valence-electron chi connectivity index (χ3n) is 5.97. The van der Waals surface area contributed by atoms with Gasteiger partial charge in [0.15, 0.2) is 11.6 Å². The van der Waals surface area contributed by atoms with Crippen LogP contribution in [0.5, 0.6) is 5.75 Å². The highest BCUT2D eigenvalue weighted by molar-refractivity contribution is 5.68. The first-order valence-corrected chi connectivity index (χ1v) is 12.0. The molecule has 8 nitrogen and oxygen atoms in total. The normalized spacial score (nSPS) is 15.6. The van der Waals surface area contributed by atoms with Crippen LogP contribution in [-0.2, 0) is 0 Å². The van der Waals surface area contributed by atoms with Gasteiger partial charge in [-0.05, 0) is 54.7 Å². The number of nitrogens with zero attached hydrogens (tertiary/aromatic N) is 5. The Morgan fingerprint density at radius 1 is 0.973 bits per heavy atom. The second-order valence-corrected chi connectivity index (χ2v) is 8.75. The zero-order valence-electron chi connectivity index (χ0n) is 19.9. The van der Waals surface area contributed by atoms with E-state index in [1.807, 2.05) is 6.20 Å². The first-order chi connectivity index (χ1) is 17.9. The Labute approximate surface area is 212 Å².